The van der Waals surface area contributed by atoms with Crippen molar-refractivity contribution < 1.29 is 0 Å². The molecule has 0 saturated carbocycles. The van der Waals surface area contributed by atoms with Gasteiger partial charge in [-0.1, -0.05) is 12.2 Å². The van der Waals surface area contributed by atoms with E-state index in [4.69, 9.17) is 5.73 Å². The van der Waals surface area contributed by atoms with Crippen molar-refractivity contribution in [2.24, 2.45) is 5.73 Å². The summed E-state index contributed by atoms with van der Waals surface area (Å²) in [6.45, 7) is 9.41. The van der Waals surface area contributed by atoms with Gasteiger partial charge < -0.3 is 5.73 Å². The summed E-state index contributed by atoms with van der Waals surface area (Å²) >= 11 is 0. The maximum Gasteiger partial charge on any atom is 0.0160 e. The standard InChI is InChI=1S/C10H19N/c1-4-6-7-9-10(3,11)8-5-2/h4-5H,1-2,6-9,11H2,3H3. The van der Waals surface area contributed by atoms with Gasteiger partial charge in [-0.15, -0.1) is 13.2 Å². The highest BCUT2D eigenvalue weighted by Crippen LogP contribution is 2.14. The summed E-state index contributed by atoms with van der Waals surface area (Å²) in [5.74, 6) is 0. The minimum atomic E-state index is -0.0647. The molecule has 0 saturated heterocycles. The smallest absolute Gasteiger partial charge is 0.0160 e. The van der Waals surface area contributed by atoms with E-state index in [2.05, 4.69) is 20.1 Å². The van der Waals surface area contributed by atoms with Crippen LogP contribution in [-0.2, 0) is 0 Å². The van der Waals surface area contributed by atoms with Gasteiger partial charge in [0.2, 0.25) is 0 Å². The average Bonchev–Trinajstić information content (AvgIpc) is 1.87. The van der Waals surface area contributed by atoms with Crippen LogP contribution in [0.5, 0.6) is 0 Å². The van der Waals surface area contributed by atoms with Crippen molar-refractivity contribution in [2.75, 3.05) is 0 Å². The fourth-order valence-electron chi connectivity index (χ4n) is 1.08. The van der Waals surface area contributed by atoms with Gasteiger partial charge in [0.25, 0.3) is 0 Å². The maximum atomic E-state index is 5.96. The van der Waals surface area contributed by atoms with E-state index in [1.54, 1.807) is 0 Å². The Morgan fingerprint density at radius 2 is 2.00 bits per heavy atom. The Morgan fingerprint density at radius 3 is 2.45 bits per heavy atom. The summed E-state index contributed by atoms with van der Waals surface area (Å²) < 4.78 is 0. The molecule has 0 bridgehead atoms. The van der Waals surface area contributed by atoms with Crippen molar-refractivity contribution in [1.82, 2.24) is 0 Å². The molecule has 0 aliphatic carbocycles. The van der Waals surface area contributed by atoms with Gasteiger partial charge in [0.05, 0.1) is 0 Å². The maximum absolute atomic E-state index is 5.96. The molecule has 11 heavy (non-hydrogen) atoms. The number of unbranched alkanes of at least 4 members (excludes halogenated alkanes) is 1. The number of rotatable bonds is 6. The van der Waals surface area contributed by atoms with E-state index in [9.17, 15) is 0 Å². The number of nitrogens with two attached hydrogens (primary N) is 1. The highest BCUT2D eigenvalue weighted by molar-refractivity contribution is 4.87. The fraction of sp³-hybridized carbons (Fsp3) is 0.600. The van der Waals surface area contributed by atoms with E-state index in [1.165, 1.54) is 0 Å². The molecule has 64 valence electrons. The zero-order valence-electron chi connectivity index (χ0n) is 7.47. The summed E-state index contributed by atoms with van der Waals surface area (Å²) in [5.41, 5.74) is 5.90. The van der Waals surface area contributed by atoms with Crippen LogP contribution in [0.2, 0.25) is 0 Å². The summed E-state index contributed by atoms with van der Waals surface area (Å²) in [6.07, 6.45) is 7.95. The van der Waals surface area contributed by atoms with E-state index in [0.717, 1.165) is 25.7 Å². The molecule has 0 radical (unpaired) electrons. The molecule has 0 rings (SSSR count). The lowest BCUT2D eigenvalue weighted by Gasteiger charge is -2.22. The zero-order valence-corrected chi connectivity index (χ0v) is 7.47. The SMILES string of the molecule is C=CCCCC(C)(N)CC=C. The predicted octanol–water partition coefficient (Wildman–Crippen LogP) is 2.64. The lowest BCUT2D eigenvalue weighted by Crippen LogP contribution is -2.35. The normalized spacial score (nSPS) is 15.5. The van der Waals surface area contributed by atoms with Gasteiger partial charge >= 0.3 is 0 Å². The van der Waals surface area contributed by atoms with E-state index in [0.29, 0.717) is 0 Å². The molecule has 1 unspecified atom stereocenters. The van der Waals surface area contributed by atoms with Crippen molar-refractivity contribution in [2.45, 2.75) is 38.1 Å². The molecule has 0 aliphatic heterocycles. The second-order valence-corrected chi connectivity index (χ2v) is 3.33. The van der Waals surface area contributed by atoms with Crippen molar-refractivity contribution in [3.63, 3.8) is 0 Å². The molecule has 1 heteroatoms. The van der Waals surface area contributed by atoms with Crippen LogP contribution in [0.25, 0.3) is 0 Å². The Labute approximate surface area is 70.0 Å². The third kappa shape index (κ3) is 5.86. The molecule has 0 fully saturated rings. The lowest BCUT2D eigenvalue weighted by atomic mass is 9.92. The zero-order chi connectivity index (χ0) is 8.74. The Hall–Kier alpha value is -0.560. The Balaban J connectivity index is 3.53. The van der Waals surface area contributed by atoms with Gasteiger partial charge in [-0.3, -0.25) is 0 Å². The summed E-state index contributed by atoms with van der Waals surface area (Å²) in [4.78, 5) is 0. The first-order valence-electron chi connectivity index (χ1n) is 4.13. The fourth-order valence-corrected chi connectivity index (χ4v) is 1.08. The first-order valence-corrected chi connectivity index (χ1v) is 4.13. The first-order chi connectivity index (χ1) is 5.12. The number of hydrogen-bond acceptors (Lipinski definition) is 1. The van der Waals surface area contributed by atoms with Crippen LogP contribution in [0.15, 0.2) is 25.3 Å². The second-order valence-electron chi connectivity index (χ2n) is 3.33. The van der Waals surface area contributed by atoms with Crippen LogP contribution in [-0.4, -0.2) is 5.54 Å². The van der Waals surface area contributed by atoms with E-state index in [-0.39, 0.29) is 5.54 Å². The van der Waals surface area contributed by atoms with Crippen LogP contribution in [0, 0.1) is 0 Å². The summed E-state index contributed by atoms with van der Waals surface area (Å²) in [5, 5.41) is 0. The van der Waals surface area contributed by atoms with Gasteiger partial charge in [-0.2, -0.15) is 0 Å². The lowest BCUT2D eigenvalue weighted by molar-refractivity contribution is 0.425. The molecule has 0 aromatic heterocycles. The molecule has 0 aromatic rings. The van der Waals surface area contributed by atoms with Crippen LogP contribution >= 0.6 is 0 Å². The van der Waals surface area contributed by atoms with Crippen molar-refractivity contribution in [1.29, 1.82) is 0 Å². The Kier molecular flexibility index (Phi) is 4.88. The molecule has 0 amide bonds. The van der Waals surface area contributed by atoms with Crippen molar-refractivity contribution in [3.8, 4) is 0 Å². The van der Waals surface area contributed by atoms with Crippen LogP contribution in [0.1, 0.15) is 32.6 Å². The van der Waals surface area contributed by atoms with E-state index < -0.39 is 0 Å². The second kappa shape index (κ2) is 5.14. The van der Waals surface area contributed by atoms with Crippen LogP contribution < -0.4 is 5.73 Å². The van der Waals surface area contributed by atoms with Crippen molar-refractivity contribution in [3.05, 3.63) is 25.3 Å². The minimum Gasteiger partial charge on any atom is -0.325 e. The average molecular weight is 153 g/mol. The quantitative estimate of drug-likeness (QED) is 0.460. The highest BCUT2D eigenvalue weighted by atomic mass is 14.7. The van der Waals surface area contributed by atoms with Gasteiger partial charge in [0.15, 0.2) is 0 Å². The van der Waals surface area contributed by atoms with Gasteiger partial charge in [-0.25, -0.2) is 0 Å². The molecular weight excluding hydrogens is 134 g/mol. The Morgan fingerprint density at radius 1 is 1.36 bits per heavy atom. The summed E-state index contributed by atoms with van der Waals surface area (Å²) in [6, 6.07) is 0. The predicted molar refractivity (Wildman–Crippen MR) is 51.5 cm³/mol. The van der Waals surface area contributed by atoms with Crippen LogP contribution in [0.4, 0.5) is 0 Å². The first kappa shape index (κ1) is 10.4. The molecule has 1 nitrogen and oxygen atoms in total. The molecular formula is C10H19N. The van der Waals surface area contributed by atoms with Gasteiger partial charge in [0.1, 0.15) is 0 Å². The monoisotopic (exact) mass is 153 g/mol. The van der Waals surface area contributed by atoms with Crippen LogP contribution in [0.3, 0.4) is 0 Å². The molecule has 0 spiro atoms. The molecule has 0 heterocycles. The molecule has 1 atom stereocenters. The molecule has 0 aromatic carbocycles. The number of hydrogen-bond donors (Lipinski definition) is 1. The third-order valence-electron chi connectivity index (χ3n) is 1.77. The van der Waals surface area contributed by atoms with E-state index >= 15 is 0 Å². The number of allylic oxidation sites excluding steroid dienone is 1. The van der Waals surface area contributed by atoms with Gasteiger partial charge in [-0.05, 0) is 32.6 Å². The largest absolute Gasteiger partial charge is 0.325 e. The highest BCUT2D eigenvalue weighted by Gasteiger charge is 2.14. The van der Waals surface area contributed by atoms with Gasteiger partial charge in [0, 0.05) is 5.54 Å². The van der Waals surface area contributed by atoms with Crippen molar-refractivity contribution >= 4 is 0 Å². The molecule has 0 aliphatic rings. The van der Waals surface area contributed by atoms with E-state index in [1.807, 2.05) is 12.2 Å². The Bertz CT molecular complexity index is 125. The minimum absolute atomic E-state index is 0.0647. The topological polar surface area (TPSA) is 26.0 Å². The summed E-state index contributed by atoms with van der Waals surface area (Å²) in [7, 11) is 0. The third-order valence-corrected chi connectivity index (χ3v) is 1.77. The molecule has 2 N–H and O–H groups in total.